The third-order valence-electron chi connectivity index (χ3n) is 2.37. The molecule has 1 unspecified atom stereocenters. The van der Waals surface area contributed by atoms with Crippen LogP contribution in [-0.2, 0) is 9.47 Å². The summed E-state index contributed by atoms with van der Waals surface area (Å²) in [4.78, 5) is 11.7. The molecule has 0 bridgehead atoms. The van der Waals surface area contributed by atoms with Crippen molar-refractivity contribution in [3.63, 3.8) is 0 Å². The van der Waals surface area contributed by atoms with E-state index in [2.05, 4.69) is 0 Å². The third-order valence-corrected chi connectivity index (χ3v) is 2.37. The van der Waals surface area contributed by atoms with Crippen LogP contribution in [0.5, 0.6) is 5.75 Å². The standard InChI is InChI=1S/C13H17FO4/c1-9(7-16-2)18-8-12(15)10-4-5-13(17-3)11(14)6-10/h4-6,9H,7-8H2,1-3H3. The van der Waals surface area contributed by atoms with Crippen molar-refractivity contribution < 1.29 is 23.4 Å². The quantitative estimate of drug-likeness (QED) is 0.700. The number of hydrogen-bond donors (Lipinski definition) is 0. The van der Waals surface area contributed by atoms with Gasteiger partial charge in [0, 0.05) is 12.7 Å². The van der Waals surface area contributed by atoms with Gasteiger partial charge >= 0.3 is 0 Å². The van der Waals surface area contributed by atoms with Gasteiger partial charge < -0.3 is 14.2 Å². The van der Waals surface area contributed by atoms with E-state index in [9.17, 15) is 9.18 Å². The topological polar surface area (TPSA) is 44.8 Å². The summed E-state index contributed by atoms with van der Waals surface area (Å²) in [5.41, 5.74) is 0.262. The Labute approximate surface area is 106 Å². The van der Waals surface area contributed by atoms with E-state index in [0.717, 1.165) is 6.07 Å². The van der Waals surface area contributed by atoms with Gasteiger partial charge in [-0.15, -0.1) is 0 Å². The van der Waals surface area contributed by atoms with Gasteiger partial charge in [-0.2, -0.15) is 0 Å². The molecule has 0 spiro atoms. The summed E-state index contributed by atoms with van der Waals surface area (Å²) in [5, 5.41) is 0. The first-order valence-corrected chi connectivity index (χ1v) is 5.55. The largest absolute Gasteiger partial charge is 0.494 e. The highest BCUT2D eigenvalue weighted by molar-refractivity contribution is 5.97. The summed E-state index contributed by atoms with van der Waals surface area (Å²) < 4.78 is 28.3. The van der Waals surface area contributed by atoms with Gasteiger partial charge in [0.05, 0.1) is 19.8 Å². The minimum Gasteiger partial charge on any atom is -0.494 e. The highest BCUT2D eigenvalue weighted by Crippen LogP contribution is 2.18. The van der Waals surface area contributed by atoms with E-state index in [1.807, 2.05) is 0 Å². The summed E-state index contributed by atoms with van der Waals surface area (Å²) in [6.45, 7) is 2.10. The Morgan fingerprint density at radius 1 is 1.39 bits per heavy atom. The van der Waals surface area contributed by atoms with Crippen LogP contribution >= 0.6 is 0 Å². The van der Waals surface area contributed by atoms with Crippen LogP contribution in [0.15, 0.2) is 18.2 Å². The molecule has 0 saturated heterocycles. The maximum Gasteiger partial charge on any atom is 0.188 e. The van der Waals surface area contributed by atoms with Gasteiger partial charge in [0.25, 0.3) is 0 Å². The van der Waals surface area contributed by atoms with E-state index in [1.54, 1.807) is 14.0 Å². The summed E-state index contributed by atoms with van der Waals surface area (Å²) in [6, 6.07) is 4.07. The molecule has 0 aromatic heterocycles. The van der Waals surface area contributed by atoms with Gasteiger partial charge in [0.15, 0.2) is 17.3 Å². The van der Waals surface area contributed by atoms with Crippen molar-refractivity contribution in [2.75, 3.05) is 27.4 Å². The van der Waals surface area contributed by atoms with Gasteiger partial charge in [0.2, 0.25) is 0 Å². The molecule has 5 heteroatoms. The smallest absolute Gasteiger partial charge is 0.188 e. The van der Waals surface area contributed by atoms with Crippen molar-refractivity contribution in [2.45, 2.75) is 13.0 Å². The first kappa shape index (κ1) is 14.6. The predicted molar refractivity (Wildman–Crippen MR) is 64.6 cm³/mol. The summed E-state index contributed by atoms with van der Waals surface area (Å²) in [6.07, 6.45) is -0.179. The van der Waals surface area contributed by atoms with Crippen LogP contribution in [0.25, 0.3) is 0 Å². The van der Waals surface area contributed by atoms with Gasteiger partial charge in [-0.05, 0) is 25.1 Å². The molecule has 1 atom stereocenters. The summed E-state index contributed by atoms with van der Waals surface area (Å²) in [5.74, 6) is -0.729. The molecule has 0 amide bonds. The molecular formula is C13H17FO4. The fourth-order valence-corrected chi connectivity index (χ4v) is 1.42. The lowest BCUT2D eigenvalue weighted by atomic mass is 10.1. The Balaban J connectivity index is 2.59. The zero-order chi connectivity index (χ0) is 13.5. The maximum atomic E-state index is 13.4. The molecule has 1 rings (SSSR count). The molecule has 0 saturated carbocycles. The zero-order valence-electron chi connectivity index (χ0n) is 10.7. The van der Waals surface area contributed by atoms with Crippen molar-refractivity contribution in [1.82, 2.24) is 0 Å². The van der Waals surface area contributed by atoms with Gasteiger partial charge in [-0.25, -0.2) is 4.39 Å². The molecule has 0 N–H and O–H groups in total. The van der Waals surface area contributed by atoms with Crippen LogP contribution in [0.2, 0.25) is 0 Å². The number of methoxy groups -OCH3 is 2. The van der Waals surface area contributed by atoms with Gasteiger partial charge in [0.1, 0.15) is 6.61 Å². The van der Waals surface area contributed by atoms with Crippen molar-refractivity contribution in [1.29, 1.82) is 0 Å². The minimum atomic E-state index is -0.562. The number of carbonyl (C=O) groups excluding carboxylic acids is 1. The minimum absolute atomic E-state index is 0.101. The first-order valence-electron chi connectivity index (χ1n) is 5.55. The predicted octanol–water partition coefficient (Wildman–Crippen LogP) is 2.07. The van der Waals surface area contributed by atoms with Gasteiger partial charge in [-0.3, -0.25) is 4.79 Å². The average molecular weight is 256 g/mol. The average Bonchev–Trinajstić information content (AvgIpc) is 2.36. The molecule has 100 valence electrons. The third kappa shape index (κ3) is 4.09. The fourth-order valence-electron chi connectivity index (χ4n) is 1.42. The Hall–Kier alpha value is -1.46. The van der Waals surface area contributed by atoms with Crippen LogP contribution in [0, 0.1) is 5.82 Å². The lowest BCUT2D eigenvalue weighted by molar-refractivity contribution is 0.0125. The fraction of sp³-hybridized carbons (Fsp3) is 0.462. The summed E-state index contributed by atoms with van der Waals surface area (Å²) in [7, 11) is 2.93. The number of ketones is 1. The lowest BCUT2D eigenvalue weighted by Gasteiger charge is -2.11. The van der Waals surface area contributed by atoms with Crippen molar-refractivity contribution in [3.05, 3.63) is 29.6 Å². The highest BCUT2D eigenvalue weighted by atomic mass is 19.1. The number of ether oxygens (including phenoxy) is 3. The summed E-state index contributed by atoms with van der Waals surface area (Å²) >= 11 is 0. The molecule has 0 fully saturated rings. The molecule has 1 aromatic rings. The van der Waals surface area contributed by atoms with Crippen molar-refractivity contribution >= 4 is 5.78 Å². The SMILES string of the molecule is COCC(C)OCC(=O)c1ccc(OC)c(F)c1. The Morgan fingerprint density at radius 2 is 2.11 bits per heavy atom. The van der Waals surface area contributed by atoms with Crippen LogP contribution < -0.4 is 4.74 Å². The van der Waals surface area contributed by atoms with E-state index in [0.29, 0.717) is 6.61 Å². The van der Waals surface area contributed by atoms with Crippen LogP contribution in [0.4, 0.5) is 4.39 Å². The second-order valence-corrected chi connectivity index (χ2v) is 3.85. The first-order chi connectivity index (χ1) is 8.58. The zero-order valence-corrected chi connectivity index (χ0v) is 10.7. The number of benzene rings is 1. The number of hydrogen-bond acceptors (Lipinski definition) is 4. The molecule has 0 aliphatic rings. The Bertz CT molecular complexity index is 406. The monoisotopic (exact) mass is 256 g/mol. The van der Waals surface area contributed by atoms with E-state index < -0.39 is 5.82 Å². The second kappa shape index (κ2) is 7.08. The normalized spacial score (nSPS) is 12.2. The number of Topliss-reactive ketones (excluding diaryl/α,β-unsaturated/α-hetero) is 1. The number of halogens is 1. The van der Waals surface area contributed by atoms with E-state index in [-0.39, 0.29) is 29.8 Å². The molecule has 0 aliphatic carbocycles. The van der Waals surface area contributed by atoms with E-state index >= 15 is 0 Å². The molecule has 18 heavy (non-hydrogen) atoms. The molecule has 0 aliphatic heterocycles. The molecule has 4 nitrogen and oxygen atoms in total. The Morgan fingerprint density at radius 3 is 2.67 bits per heavy atom. The second-order valence-electron chi connectivity index (χ2n) is 3.85. The van der Waals surface area contributed by atoms with E-state index in [1.165, 1.54) is 19.2 Å². The molecular weight excluding hydrogens is 239 g/mol. The molecule has 1 aromatic carbocycles. The van der Waals surface area contributed by atoms with Crippen LogP contribution in [0.3, 0.4) is 0 Å². The van der Waals surface area contributed by atoms with Crippen molar-refractivity contribution in [2.24, 2.45) is 0 Å². The molecule has 0 radical (unpaired) electrons. The van der Waals surface area contributed by atoms with Crippen molar-refractivity contribution in [3.8, 4) is 5.75 Å². The highest BCUT2D eigenvalue weighted by Gasteiger charge is 2.12. The van der Waals surface area contributed by atoms with Crippen LogP contribution in [0.1, 0.15) is 17.3 Å². The lowest BCUT2D eigenvalue weighted by Crippen LogP contribution is -2.20. The van der Waals surface area contributed by atoms with Gasteiger partial charge in [-0.1, -0.05) is 0 Å². The Kier molecular flexibility index (Phi) is 5.74. The molecule has 0 heterocycles. The number of rotatable bonds is 7. The number of carbonyl (C=O) groups is 1. The van der Waals surface area contributed by atoms with E-state index in [4.69, 9.17) is 14.2 Å². The van der Waals surface area contributed by atoms with Crippen LogP contribution in [-0.4, -0.2) is 39.3 Å². The maximum absolute atomic E-state index is 13.4.